The van der Waals surface area contributed by atoms with Crippen LogP contribution >= 0.6 is 11.8 Å². The van der Waals surface area contributed by atoms with E-state index in [1.54, 1.807) is 0 Å². The molecule has 1 saturated heterocycles. The third kappa shape index (κ3) is 3.82. The van der Waals surface area contributed by atoms with Crippen LogP contribution < -0.4 is 11.1 Å². The van der Waals surface area contributed by atoms with Gasteiger partial charge < -0.3 is 11.1 Å². The Morgan fingerprint density at radius 1 is 1.35 bits per heavy atom. The molecule has 0 bridgehead atoms. The number of benzene rings is 1. The molecule has 0 saturated carbocycles. The number of hydrogen-bond donors (Lipinski definition) is 2. The van der Waals surface area contributed by atoms with Gasteiger partial charge >= 0.3 is 0 Å². The van der Waals surface area contributed by atoms with E-state index in [4.69, 9.17) is 5.73 Å². The molecule has 3 nitrogen and oxygen atoms in total. The van der Waals surface area contributed by atoms with E-state index in [2.05, 4.69) is 35.0 Å². The average Bonchev–Trinajstić information content (AvgIpc) is 2.35. The summed E-state index contributed by atoms with van der Waals surface area (Å²) in [4.78, 5) is 2.52. The van der Waals surface area contributed by atoms with Crippen molar-refractivity contribution in [2.75, 3.05) is 48.7 Å². The smallest absolute Gasteiger partial charge is 0.0390 e. The molecule has 94 valence electrons. The average molecular weight is 251 g/mol. The molecule has 1 heterocycles. The van der Waals surface area contributed by atoms with Gasteiger partial charge in [-0.3, -0.25) is 4.90 Å². The van der Waals surface area contributed by atoms with E-state index in [0.717, 1.165) is 24.5 Å². The molecule has 1 fully saturated rings. The summed E-state index contributed by atoms with van der Waals surface area (Å²) in [5, 5.41) is 3.47. The van der Waals surface area contributed by atoms with Crippen molar-refractivity contribution in [3.8, 4) is 0 Å². The zero-order valence-corrected chi connectivity index (χ0v) is 11.2. The van der Waals surface area contributed by atoms with Crippen LogP contribution in [0.2, 0.25) is 0 Å². The van der Waals surface area contributed by atoms with Crippen molar-refractivity contribution < 1.29 is 0 Å². The largest absolute Gasteiger partial charge is 0.399 e. The maximum Gasteiger partial charge on any atom is 0.0390 e. The summed E-state index contributed by atoms with van der Waals surface area (Å²) in [6.07, 6.45) is 0. The molecule has 17 heavy (non-hydrogen) atoms. The highest BCUT2D eigenvalue weighted by atomic mass is 32.2. The quantitative estimate of drug-likeness (QED) is 0.804. The lowest BCUT2D eigenvalue weighted by Gasteiger charge is -2.26. The van der Waals surface area contributed by atoms with Crippen LogP contribution in [-0.2, 0) is 0 Å². The predicted molar refractivity (Wildman–Crippen MR) is 77.8 cm³/mol. The Balaban J connectivity index is 1.79. The Morgan fingerprint density at radius 3 is 2.88 bits per heavy atom. The first-order valence-electron chi connectivity index (χ1n) is 6.16. The maximum absolute atomic E-state index is 5.79. The van der Waals surface area contributed by atoms with Gasteiger partial charge in [-0.05, 0) is 24.6 Å². The minimum absolute atomic E-state index is 0.826. The second-order valence-electron chi connectivity index (χ2n) is 4.46. The van der Waals surface area contributed by atoms with E-state index >= 15 is 0 Å². The van der Waals surface area contributed by atoms with Crippen LogP contribution in [-0.4, -0.2) is 42.6 Å². The van der Waals surface area contributed by atoms with E-state index in [1.165, 1.54) is 30.2 Å². The van der Waals surface area contributed by atoms with E-state index in [-0.39, 0.29) is 0 Å². The summed E-state index contributed by atoms with van der Waals surface area (Å²) >= 11 is 2.05. The fourth-order valence-electron chi connectivity index (χ4n) is 2.00. The van der Waals surface area contributed by atoms with Crippen molar-refractivity contribution in [1.29, 1.82) is 0 Å². The lowest BCUT2D eigenvalue weighted by Crippen LogP contribution is -2.36. The van der Waals surface area contributed by atoms with E-state index in [1.807, 2.05) is 12.1 Å². The van der Waals surface area contributed by atoms with Crippen LogP contribution in [0.1, 0.15) is 5.56 Å². The van der Waals surface area contributed by atoms with Crippen molar-refractivity contribution >= 4 is 23.1 Å². The number of hydrogen-bond acceptors (Lipinski definition) is 4. The van der Waals surface area contributed by atoms with Gasteiger partial charge in [0.2, 0.25) is 0 Å². The van der Waals surface area contributed by atoms with Crippen molar-refractivity contribution in [2.45, 2.75) is 6.92 Å². The van der Waals surface area contributed by atoms with Crippen LogP contribution in [0, 0.1) is 6.92 Å². The molecule has 3 N–H and O–H groups in total. The van der Waals surface area contributed by atoms with E-state index in [9.17, 15) is 0 Å². The van der Waals surface area contributed by atoms with Gasteiger partial charge in [0.15, 0.2) is 0 Å². The fourth-order valence-corrected chi connectivity index (χ4v) is 2.98. The van der Waals surface area contributed by atoms with Gasteiger partial charge in [-0.1, -0.05) is 6.07 Å². The molecule has 0 radical (unpaired) electrons. The monoisotopic (exact) mass is 251 g/mol. The molecule has 1 aromatic rings. The molecule has 4 heteroatoms. The number of thioether (sulfide) groups is 1. The topological polar surface area (TPSA) is 41.3 Å². The summed E-state index contributed by atoms with van der Waals surface area (Å²) < 4.78 is 0. The van der Waals surface area contributed by atoms with E-state index in [0.29, 0.717) is 0 Å². The molecule has 0 atom stereocenters. The van der Waals surface area contributed by atoms with Crippen LogP contribution in [0.3, 0.4) is 0 Å². The molecule has 1 aliphatic rings. The summed E-state index contributed by atoms with van der Waals surface area (Å²) in [6, 6.07) is 6.03. The second kappa shape index (κ2) is 6.17. The van der Waals surface area contributed by atoms with Crippen LogP contribution in [0.25, 0.3) is 0 Å². The molecule has 0 unspecified atom stereocenters. The first-order valence-corrected chi connectivity index (χ1v) is 7.31. The molecule has 0 amide bonds. The van der Waals surface area contributed by atoms with Gasteiger partial charge in [-0.25, -0.2) is 0 Å². The van der Waals surface area contributed by atoms with Gasteiger partial charge in [0.25, 0.3) is 0 Å². The fraction of sp³-hybridized carbons (Fsp3) is 0.538. The first kappa shape index (κ1) is 12.6. The zero-order chi connectivity index (χ0) is 12.1. The number of rotatable bonds is 4. The summed E-state index contributed by atoms with van der Waals surface area (Å²) in [7, 11) is 0. The lowest BCUT2D eigenvalue weighted by atomic mass is 10.2. The van der Waals surface area contributed by atoms with Gasteiger partial charge in [-0.2, -0.15) is 11.8 Å². The Kier molecular flexibility index (Phi) is 4.57. The predicted octanol–water partition coefficient (Wildman–Crippen LogP) is 2.04. The van der Waals surface area contributed by atoms with Crippen LogP contribution in [0.4, 0.5) is 11.4 Å². The van der Waals surface area contributed by atoms with Crippen molar-refractivity contribution in [2.24, 2.45) is 0 Å². The van der Waals surface area contributed by atoms with Crippen molar-refractivity contribution in [3.63, 3.8) is 0 Å². The first-order chi connectivity index (χ1) is 8.25. The number of aryl methyl sites for hydroxylation is 1. The Bertz CT molecular complexity index is 362. The van der Waals surface area contributed by atoms with Gasteiger partial charge in [0.1, 0.15) is 0 Å². The molecule has 0 spiro atoms. The second-order valence-corrected chi connectivity index (χ2v) is 5.68. The molecular weight excluding hydrogens is 230 g/mol. The third-order valence-electron chi connectivity index (χ3n) is 3.11. The Labute approximate surface area is 108 Å². The molecule has 0 aliphatic carbocycles. The highest BCUT2D eigenvalue weighted by Gasteiger charge is 2.09. The van der Waals surface area contributed by atoms with Crippen molar-refractivity contribution in [1.82, 2.24) is 4.90 Å². The van der Waals surface area contributed by atoms with Gasteiger partial charge in [0, 0.05) is 49.1 Å². The Morgan fingerprint density at radius 2 is 2.12 bits per heavy atom. The molecule has 1 aromatic carbocycles. The van der Waals surface area contributed by atoms with E-state index < -0.39 is 0 Å². The van der Waals surface area contributed by atoms with Crippen molar-refractivity contribution in [3.05, 3.63) is 23.8 Å². The minimum atomic E-state index is 0.826. The maximum atomic E-state index is 5.79. The minimum Gasteiger partial charge on any atom is -0.399 e. The summed E-state index contributed by atoms with van der Waals surface area (Å²) in [5.74, 6) is 2.55. The summed E-state index contributed by atoms with van der Waals surface area (Å²) in [5.41, 5.74) is 9.04. The highest BCUT2D eigenvalue weighted by molar-refractivity contribution is 7.99. The number of nitrogens with zero attached hydrogens (tertiary/aromatic N) is 1. The number of nitrogens with one attached hydrogen (secondary N) is 1. The van der Waals surface area contributed by atoms with Crippen LogP contribution in [0.15, 0.2) is 18.2 Å². The molecule has 2 rings (SSSR count). The number of nitrogens with two attached hydrogens (primary N) is 1. The molecule has 1 aliphatic heterocycles. The third-order valence-corrected chi connectivity index (χ3v) is 4.05. The van der Waals surface area contributed by atoms with Gasteiger partial charge in [-0.15, -0.1) is 0 Å². The standard InChI is InChI=1S/C13H21N3S/c1-11-2-3-12(14)10-13(11)15-4-5-16-6-8-17-9-7-16/h2-3,10,15H,4-9,14H2,1H3. The highest BCUT2D eigenvalue weighted by Crippen LogP contribution is 2.17. The lowest BCUT2D eigenvalue weighted by molar-refractivity contribution is 0.314. The van der Waals surface area contributed by atoms with Gasteiger partial charge in [0.05, 0.1) is 0 Å². The summed E-state index contributed by atoms with van der Waals surface area (Å²) in [6.45, 7) is 6.67. The van der Waals surface area contributed by atoms with Crippen LogP contribution in [0.5, 0.6) is 0 Å². The SMILES string of the molecule is Cc1ccc(N)cc1NCCN1CCSCC1. The number of nitrogen functional groups attached to an aromatic ring is 1. The molecular formula is C13H21N3S. The number of anilines is 2. The Hall–Kier alpha value is -0.870. The normalized spacial score (nSPS) is 17.0. The molecule has 0 aromatic heterocycles. The zero-order valence-electron chi connectivity index (χ0n) is 10.4.